The molecule has 0 radical (unpaired) electrons. The Morgan fingerprint density at radius 2 is 1.55 bits per heavy atom. The van der Waals surface area contributed by atoms with Crippen molar-refractivity contribution in [2.45, 2.75) is 20.8 Å². The quantitative estimate of drug-likeness (QED) is 0.137. The molecule has 10 heteroatoms. The largest absolute Gasteiger partial charge is 0.496 e. The molecule has 0 atom stereocenters. The molecule has 0 spiro atoms. The zero-order valence-corrected chi connectivity index (χ0v) is 23.9. The van der Waals surface area contributed by atoms with Crippen LogP contribution in [0.2, 0.25) is 0 Å². The van der Waals surface area contributed by atoms with Crippen molar-refractivity contribution >= 4 is 23.1 Å². The number of likely N-dealkylation sites (N-methyl/N-ethyl adjacent to an activating group) is 1. The van der Waals surface area contributed by atoms with Gasteiger partial charge in [-0.25, -0.2) is 4.79 Å². The first-order chi connectivity index (χ1) is 19.4. The van der Waals surface area contributed by atoms with Crippen LogP contribution in [0.15, 0.2) is 59.8 Å². The van der Waals surface area contributed by atoms with Gasteiger partial charge in [0.05, 0.1) is 27.0 Å². The summed E-state index contributed by atoms with van der Waals surface area (Å²) in [5.74, 6) is 2.19. The normalized spacial score (nSPS) is 11.2. The molecule has 3 aromatic rings. The number of amides is 2. The number of urea groups is 1. The van der Waals surface area contributed by atoms with Crippen molar-refractivity contribution in [3.8, 4) is 34.1 Å². The molecule has 10 nitrogen and oxygen atoms in total. The summed E-state index contributed by atoms with van der Waals surface area (Å²) in [6.07, 6.45) is 0. The Morgan fingerprint density at radius 3 is 2.15 bits per heavy atom. The summed E-state index contributed by atoms with van der Waals surface area (Å²) in [5.41, 5.74) is 3.61. The molecule has 0 aliphatic heterocycles. The van der Waals surface area contributed by atoms with E-state index in [1.807, 2.05) is 18.2 Å². The number of benzene rings is 3. The van der Waals surface area contributed by atoms with Crippen molar-refractivity contribution in [1.29, 1.82) is 0 Å². The van der Waals surface area contributed by atoms with Gasteiger partial charge in [0.1, 0.15) is 18.1 Å². The van der Waals surface area contributed by atoms with Crippen LogP contribution in [-0.4, -0.2) is 69.4 Å². The average Bonchev–Trinajstić information content (AvgIpc) is 2.98. The maximum Gasteiger partial charge on any atom is 0.323 e. The molecule has 3 N–H and O–H groups in total. The number of carbonyl (C=O) groups excluding carboxylic acids is 1. The lowest BCUT2D eigenvalue weighted by Gasteiger charge is -2.18. The summed E-state index contributed by atoms with van der Waals surface area (Å²) >= 11 is 0. The summed E-state index contributed by atoms with van der Waals surface area (Å²) in [6, 6.07) is 15.7. The molecule has 0 aliphatic rings. The van der Waals surface area contributed by atoms with Crippen molar-refractivity contribution < 1.29 is 28.9 Å². The number of carbonyl (C=O) groups is 1. The first-order valence-electron chi connectivity index (χ1n) is 13.0. The third-order valence-corrected chi connectivity index (χ3v) is 6.47. The van der Waals surface area contributed by atoms with Gasteiger partial charge in [-0.15, -0.1) is 0 Å². The Kier molecular flexibility index (Phi) is 11.0. The van der Waals surface area contributed by atoms with Crippen LogP contribution in [0.25, 0.3) is 11.1 Å². The lowest BCUT2D eigenvalue weighted by molar-refractivity contribution is 0.223. The number of nitrogens with one attached hydrogen (secondary N) is 2. The summed E-state index contributed by atoms with van der Waals surface area (Å²) in [7, 11) is 4.62. The molecule has 0 fully saturated rings. The lowest BCUT2D eigenvalue weighted by Crippen LogP contribution is -2.27. The number of hydrogen-bond acceptors (Lipinski definition) is 8. The third-order valence-electron chi connectivity index (χ3n) is 6.47. The SMILES string of the molecule is CCN(CC)CCOc1ccc(NC(=O)Nc2cc(OC)c(OC)c(-c3ccc(/C(C)=N/O)c(OC)c3)c2)cc1. The van der Waals surface area contributed by atoms with Gasteiger partial charge in [-0.2, -0.15) is 0 Å². The summed E-state index contributed by atoms with van der Waals surface area (Å²) < 4.78 is 22.5. The number of nitrogens with zero attached hydrogens (tertiary/aromatic N) is 2. The molecular formula is C30H38N4O6. The fraction of sp³-hybridized carbons (Fsp3) is 0.333. The zero-order valence-electron chi connectivity index (χ0n) is 23.9. The van der Waals surface area contributed by atoms with Crippen molar-refractivity contribution in [2.24, 2.45) is 5.16 Å². The molecule has 0 saturated carbocycles. The Labute approximate surface area is 235 Å². The van der Waals surface area contributed by atoms with Gasteiger partial charge < -0.3 is 39.7 Å². The summed E-state index contributed by atoms with van der Waals surface area (Å²) in [5, 5.41) is 18.2. The number of anilines is 2. The Balaban J connectivity index is 1.77. The number of methoxy groups -OCH3 is 3. The predicted molar refractivity (Wildman–Crippen MR) is 158 cm³/mol. The molecule has 40 heavy (non-hydrogen) atoms. The van der Waals surface area contributed by atoms with E-state index >= 15 is 0 Å². The van der Waals surface area contributed by atoms with Crippen molar-refractivity contribution in [3.05, 3.63) is 60.2 Å². The molecule has 0 saturated heterocycles. The second-order valence-electron chi connectivity index (χ2n) is 8.84. The van der Waals surface area contributed by atoms with Crippen molar-refractivity contribution in [3.63, 3.8) is 0 Å². The second kappa shape index (κ2) is 14.6. The highest BCUT2D eigenvalue weighted by Gasteiger charge is 2.18. The average molecular weight is 551 g/mol. The van der Waals surface area contributed by atoms with Gasteiger partial charge in [-0.1, -0.05) is 25.1 Å². The molecule has 3 rings (SSSR count). The molecular weight excluding hydrogens is 512 g/mol. The molecule has 0 aliphatic carbocycles. The van der Waals surface area contributed by atoms with E-state index in [1.165, 1.54) is 7.11 Å². The molecule has 0 aromatic heterocycles. The minimum Gasteiger partial charge on any atom is -0.496 e. The topological polar surface area (TPSA) is 114 Å². The Hall–Kier alpha value is -4.44. The van der Waals surface area contributed by atoms with Gasteiger partial charge in [0.2, 0.25) is 0 Å². The van der Waals surface area contributed by atoms with Gasteiger partial charge in [0, 0.05) is 35.1 Å². The van der Waals surface area contributed by atoms with E-state index in [-0.39, 0.29) is 0 Å². The highest BCUT2D eigenvalue weighted by molar-refractivity contribution is 6.02. The van der Waals surface area contributed by atoms with E-state index < -0.39 is 6.03 Å². The fourth-order valence-electron chi connectivity index (χ4n) is 4.22. The van der Waals surface area contributed by atoms with Crippen LogP contribution < -0.4 is 29.6 Å². The van der Waals surface area contributed by atoms with Crippen LogP contribution in [-0.2, 0) is 0 Å². The van der Waals surface area contributed by atoms with Crippen molar-refractivity contribution in [2.75, 3.05) is 58.2 Å². The van der Waals surface area contributed by atoms with Crippen LogP contribution in [0, 0.1) is 0 Å². The predicted octanol–water partition coefficient (Wildman–Crippen LogP) is 5.94. The smallest absolute Gasteiger partial charge is 0.323 e. The van der Waals surface area contributed by atoms with E-state index in [2.05, 4.69) is 34.5 Å². The standard InChI is InChI=1S/C30H38N4O6/c1-7-34(8-2)15-16-40-24-12-10-22(11-13-24)31-30(35)32-23-18-26(29(39-6)28(19-23)38-5)21-9-14-25(20(3)33-36)27(17-21)37-4/h9-14,17-19,36H,7-8,15-16H2,1-6H3,(H2,31,32,35)/b33-20+. The van der Waals surface area contributed by atoms with E-state index in [4.69, 9.17) is 18.9 Å². The fourth-order valence-corrected chi connectivity index (χ4v) is 4.22. The molecule has 3 aromatic carbocycles. The number of hydrogen-bond donors (Lipinski definition) is 3. The summed E-state index contributed by atoms with van der Waals surface area (Å²) in [6.45, 7) is 9.36. The van der Waals surface area contributed by atoms with Crippen LogP contribution >= 0.6 is 0 Å². The second-order valence-corrected chi connectivity index (χ2v) is 8.84. The minimum absolute atomic E-state index is 0.416. The molecule has 0 heterocycles. The van der Waals surface area contributed by atoms with Crippen LogP contribution in [0.1, 0.15) is 26.3 Å². The zero-order chi connectivity index (χ0) is 29.1. The van der Waals surface area contributed by atoms with E-state index in [0.717, 1.165) is 30.9 Å². The first kappa shape index (κ1) is 30.1. The highest BCUT2D eigenvalue weighted by atomic mass is 16.5. The van der Waals surface area contributed by atoms with Gasteiger partial charge in [0.25, 0.3) is 0 Å². The van der Waals surface area contributed by atoms with Crippen molar-refractivity contribution in [1.82, 2.24) is 4.90 Å². The van der Waals surface area contributed by atoms with Crippen LogP contribution in [0.4, 0.5) is 16.2 Å². The number of oxime groups is 1. The van der Waals surface area contributed by atoms with E-state index in [9.17, 15) is 10.0 Å². The number of rotatable bonds is 13. The maximum absolute atomic E-state index is 12.8. The van der Waals surface area contributed by atoms with Gasteiger partial charge in [-0.3, -0.25) is 0 Å². The summed E-state index contributed by atoms with van der Waals surface area (Å²) in [4.78, 5) is 15.1. The third kappa shape index (κ3) is 7.57. The van der Waals surface area contributed by atoms with E-state index in [1.54, 1.807) is 57.5 Å². The molecule has 214 valence electrons. The number of ether oxygens (including phenoxy) is 4. The monoisotopic (exact) mass is 550 g/mol. The van der Waals surface area contributed by atoms with Crippen LogP contribution in [0.5, 0.6) is 23.0 Å². The van der Waals surface area contributed by atoms with Gasteiger partial charge >= 0.3 is 6.03 Å². The molecule has 0 bridgehead atoms. The van der Waals surface area contributed by atoms with E-state index in [0.29, 0.717) is 52.1 Å². The first-order valence-corrected chi connectivity index (χ1v) is 13.0. The maximum atomic E-state index is 12.8. The molecule has 2 amide bonds. The Bertz CT molecular complexity index is 1310. The molecule has 0 unspecified atom stereocenters. The minimum atomic E-state index is -0.420. The van der Waals surface area contributed by atoms with Gasteiger partial charge in [0.15, 0.2) is 11.5 Å². The lowest BCUT2D eigenvalue weighted by atomic mass is 9.99. The van der Waals surface area contributed by atoms with Gasteiger partial charge in [-0.05, 0) is 68.0 Å². The van der Waals surface area contributed by atoms with Crippen LogP contribution in [0.3, 0.4) is 0 Å². The Morgan fingerprint density at radius 1 is 0.875 bits per heavy atom. The highest BCUT2D eigenvalue weighted by Crippen LogP contribution is 2.42.